The Morgan fingerprint density at radius 2 is 1.89 bits per heavy atom. The van der Waals surface area contributed by atoms with E-state index in [9.17, 15) is 9.59 Å². The minimum absolute atomic E-state index is 0.263. The lowest BCUT2D eigenvalue weighted by molar-refractivity contribution is -0.132. The van der Waals surface area contributed by atoms with E-state index in [1.54, 1.807) is 50.6 Å². The van der Waals surface area contributed by atoms with Crippen molar-refractivity contribution in [2.24, 2.45) is 5.73 Å². The maximum absolute atomic E-state index is 11.9. The molecule has 0 unspecified atom stereocenters. The first-order chi connectivity index (χ1) is 8.85. The second-order valence-corrected chi connectivity index (χ2v) is 4.83. The van der Waals surface area contributed by atoms with Crippen LogP contribution < -0.4 is 16.5 Å². The number of amides is 2. The lowest BCUT2D eigenvalue weighted by Crippen LogP contribution is -2.49. The van der Waals surface area contributed by atoms with Crippen LogP contribution >= 0.6 is 0 Å². The Morgan fingerprint density at radius 3 is 2.37 bits per heavy atom. The molecule has 0 heterocycles. The molecule has 0 aliphatic rings. The first kappa shape index (κ1) is 15.1. The molecular formula is C13H19N3O3. The Kier molecular flexibility index (Phi) is 4.63. The number of nitrogens with two attached hydrogens (primary N) is 1. The van der Waals surface area contributed by atoms with E-state index in [-0.39, 0.29) is 5.56 Å². The van der Waals surface area contributed by atoms with E-state index in [1.165, 1.54) is 0 Å². The highest BCUT2D eigenvalue weighted by Crippen LogP contribution is 2.30. The number of hydrogen-bond acceptors (Lipinski definition) is 4. The maximum atomic E-state index is 11.9. The van der Waals surface area contributed by atoms with Crippen LogP contribution in [0.2, 0.25) is 0 Å². The molecule has 19 heavy (non-hydrogen) atoms. The van der Waals surface area contributed by atoms with Crippen molar-refractivity contribution in [2.45, 2.75) is 25.3 Å². The Bertz CT molecular complexity index is 486. The first-order valence-electron chi connectivity index (χ1n) is 5.86. The average Bonchev–Trinajstić information content (AvgIpc) is 2.38. The van der Waals surface area contributed by atoms with Gasteiger partial charge in [-0.05, 0) is 32.5 Å². The summed E-state index contributed by atoms with van der Waals surface area (Å²) in [6.45, 7) is 3.59. The lowest BCUT2D eigenvalue weighted by Gasteiger charge is -2.33. The molecular weight excluding hydrogens is 246 g/mol. The third-order valence-corrected chi connectivity index (χ3v) is 3.28. The highest BCUT2D eigenvalue weighted by atomic mass is 16.5. The number of primary amides is 1. The molecule has 0 aromatic heterocycles. The van der Waals surface area contributed by atoms with Gasteiger partial charge in [-0.3, -0.25) is 14.8 Å². The van der Waals surface area contributed by atoms with Crippen LogP contribution in [0.15, 0.2) is 24.3 Å². The van der Waals surface area contributed by atoms with Gasteiger partial charge < -0.3 is 11.1 Å². The van der Waals surface area contributed by atoms with Gasteiger partial charge in [0.1, 0.15) is 0 Å². The topological polar surface area (TPSA) is 104 Å². The third kappa shape index (κ3) is 3.10. The van der Waals surface area contributed by atoms with E-state index in [0.717, 1.165) is 0 Å². The zero-order chi connectivity index (χ0) is 14.6. The largest absolute Gasteiger partial charge is 0.366 e. The zero-order valence-corrected chi connectivity index (χ0v) is 11.2. The van der Waals surface area contributed by atoms with Crippen molar-refractivity contribution in [2.75, 3.05) is 7.05 Å². The minimum atomic E-state index is -0.758. The number of hydroxylamine groups is 1. The molecule has 6 heteroatoms. The van der Waals surface area contributed by atoms with Gasteiger partial charge in [0.05, 0.1) is 5.92 Å². The van der Waals surface area contributed by atoms with Gasteiger partial charge in [0, 0.05) is 11.1 Å². The second-order valence-electron chi connectivity index (χ2n) is 4.83. The van der Waals surface area contributed by atoms with Crippen molar-refractivity contribution in [3.8, 4) is 0 Å². The summed E-state index contributed by atoms with van der Waals surface area (Å²) < 4.78 is 0. The van der Waals surface area contributed by atoms with Crippen LogP contribution in [0.3, 0.4) is 0 Å². The van der Waals surface area contributed by atoms with Gasteiger partial charge in [-0.1, -0.05) is 18.2 Å². The molecule has 0 bridgehead atoms. The molecule has 1 aromatic carbocycles. The standard InChI is InChI=1S/C13H19N3O3/c1-13(2,15-3)10(12(18)16-19)8-6-4-5-7-9(8)11(14)17/h4-7,10,15,19H,1-3H3,(H2,14,17)(H,16,18)/t10-/m1/s1. The molecule has 0 aliphatic carbocycles. The van der Waals surface area contributed by atoms with Gasteiger partial charge in [-0.15, -0.1) is 0 Å². The lowest BCUT2D eigenvalue weighted by atomic mass is 9.79. The van der Waals surface area contributed by atoms with Gasteiger partial charge in [0.2, 0.25) is 5.91 Å². The van der Waals surface area contributed by atoms with Crippen LogP contribution in [0.25, 0.3) is 0 Å². The quantitative estimate of drug-likeness (QED) is 0.456. The summed E-state index contributed by atoms with van der Waals surface area (Å²) in [6.07, 6.45) is 0. The first-order valence-corrected chi connectivity index (χ1v) is 5.86. The van der Waals surface area contributed by atoms with E-state index < -0.39 is 23.3 Å². The molecule has 0 radical (unpaired) electrons. The normalized spacial score (nSPS) is 12.8. The van der Waals surface area contributed by atoms with Gasteiger partial charge in [0.25, 0.3) is 5.91 Å². The van der Waals surface area contributed by atoms with Crippen LogP contribution in [0.4, 0.5) is 0 Å². The highest BCUT2D eigenvalue weighted by Gasteiger charge is 2.37. The summed E-state index contributed by atoms with van der Waals surface area (Å²) in [4.78, 5) is 23.4. The number of likely N-dealkylation sites (N-methyl/N-ethyl adjacent to an activating group) is 1. The number of carbonyl (C=O) groups is 2. The van der Waals surface area contributed by atoms with Crippen molar-refractivity contribution >= 4 is 11.8 Å². The Balaban J connectivity index is 3.42. The van der Waals surface area contributed by atoms with Gasteiger partial charge >= 0.3 is 0 Å². The summed E-state index contributed by atoms with van der Waals surface area (Å²) >= 11 is 0. The average molecular weight is 265 g/mol. The van der Waals surface area contributed by atoms with Gasteiger partial charge in [0.15, 0.2) is 0 Å². The summed E-state index contributed by atoms with van der Waals surface area (Å²) in [7, 11) is 1.70. The summed E-state index contributed by atoms with van der Waals surface area (Å²) in [5, 5.41) is 11.9. The SMILES string of the molecule is CNC(C)(C)[C@@H](C(=O)NO)c1ccccc1C(N)=O. The van der Waals surface area contributed by atoms with Crippen LogP contribution in [0, 0.1) is 0 Å². The van der Waals surface area contributed by atoms with Gasteiger partial charge in [-0.25, -0.2) is 5.48 Å². The molecule has 0 spiro atoms. The number of benzene rings is 1. The molecule has 0 aliphatic heterocycles. The van der Waals surface area contributed by atoms with Crippen LogP contribution in [-0.2, 0) is 4.79 Å². The molecule has 5 N–H and O–H groups in total. The molecule has 1 aromatic rings. The van der Waals surface area contributed by atoms with Crippen molar-refractivity contribution in [3.05, 3.63) is 35.4 Å². The number of carbonyl (C=O) groups excluding carboxylic acids is 2. The Hall–Kier alpha value is -1.92. The fourth-order valence-electron chi connectivity index (χ4n) is 2.04. The zero-order valence-electron chi connectivity index (χ0n) is 11.2. The summed E-state index contributed by atoms with van der Waals surface area (Å²) in [6, 6.07) is 6.59. The Labute approximate surface area is 111 Å². The molecule has 0 saturated carbocycles. The molecule has 6 nitrogen and oxygen atoms in total. The van der Waals surface area contributed by atoms with Crippen LogP contribution in [0.5, 0.6) is 0 Å². The van der Waals surface area contributed by atoms with Crippen molar-refractivity contribution < 1.29 is 14.8 Å². The molecule has 104 valence electrons. The maximum Gasteiger partial charge on any atom is 0.252 e. The highest BCUT2D eigenvalue weighted by molar-refractivity contribution is 5.97. The molecule has 1 atom stereocenters. The smallest absolute Gasteiger partial charge is 0.252 e. The number of hydrogen-bond donors (Lipinski definition) is 4. The Morgan fingerprint density at radius 1 is 1.32 bits per heavy atom. The predicted molar refractivity (Wildman–Crippen MR) is 70.8 cm³/mol. The molecule has 2 amide bonds. The fraction of sp³-hybridized carbons (Fsp3) is 0.385. The van der Waals surface area contributed by atoms with E-state index in [1.807, 2.05) is 0 Å². The fourth-order valence-corrected chi connectivity index (χ4v) is 2.04. The second kappa shape index (κ2) is 5.81. The number of rotatable bonds is 5. The van der Waals surface area contributed by atoms with E-state index in [4.69, 9.17) is 10.9 Å². The summed E-state index contributed by atoms with van der Waals surface area (Å²) in [5.41, 5.74) is 7.03. The van der Waals surface area contributed by atoms with E-state index >= 15 is 0 Å². The van der Waals surface area contributed by atoms with Gasteiger partial charge in [-0.2, -0.15) is 0 Å². The molecule has 0 fully saturated rings. The predicted octanol–water partition coefficient (Wildman–Crippen LogP) is 0.372. The van der Waals surface area contributed by atoms with E-state index in [2.05, 4.69) is 5.32 Å². The van der Waals surface area contributed by atoms with Crippen molar-refractivity contribution in [3.63, 3.8) is 0 Å². The number of nitrogens with one attached hydrogen (secondary N) is 2. The van der Waals surface area contributed by atoms with Crippen molar-refractivity contribution in [1.29, 1.82) is 0 Å². The van der Waals surface area contributed by atoms with Crippen LogP contribution in [-0.4, -0.2) is 29.6 Å². The van der Waals surface area contributed by atoms with Crippen molar-refractivity contribution in [1.82, 2.24) is 10.8 Å². The summed E-state index contributed by atoms with van der Waals surface area (Å²) in [5.74, 6) is -1.97. The third-order valence-electron chi connectivity index (χ3n) is 3.28. The van der Waals surface area contributed by atoms with Crippen LogP contribution in [0.1, 0.15) is 35.7 Å². The monoisotopic (exact) mass is 265 g/mol. The van der Waals surface area contributed by atoms with E-state index in [0.29, 0.717) is 5.56 Å². The molecule has 0 saturated heterocycles. The molecule has 1 rings (SSSR count). The minimum Gasteiger partial charge on any atom is -0.366 e.